The number of hydrogen-bond donors (Lipinski definition) is 1. The molecule has 0 spiro atoms. The third-order valence-corrected chi connectivity index (χ3v) is 5.13. The summed E-state index contributed by atoms with van der Waals surface area (Å²) in [7, 11) is 0. The highest BCUT2D eigenvalue weighted by molar-refractivity contribution is 5.81. The zero-order chi connectivity index (χ0) is 14.1. The van der Waals surface area contributed by atoms with Gasteiger partial charge in [0.05, 0.1) is 5.52 Å². The van der Waals surface area contributed by atoms with Crippen molar-refractivity contribution in [1.29, 1.82) is 0 Å². The van der Waals surface area contributed by atoms with Gasteiger partial charge in [-0.15, -0.1) is 0 Å². The molecule has 4 rings (SSSR count). The third-order valence-electron chi connectivity index (χ3n) is 5.13. The summed E-state index contributed by atoms with van der Waals surface area (Å²) in [5.41, 5.74) is 2.47. The van der Waals surface area contributed by atoms with Gasteiger partial charge in [-0.2, -0.15) is 0 Å². The van der Waals surface area contributed by atoms with Gasteiger partial charge in [0.15, 0.2) is 0 Å². The maximum atomic E-state index is 4.56. The molecule has 1 aromatic heterocycles. The minimum absolute atomic E-state index is 0.657. The van der Waals surface area contributed by atoms with E-state index in [2.05, 4.69) is 39.5 Å². The summed E-state index contributed by atoms with van der Waals surface area (Å²) in [4.78, 5) is 7.24. The first-order valence-corrected chi connectivity index (χ1v) is 8.22. The van der Waals surface area contributed by atoms with Crippen LogP contribution in [0.2, 0.25) is 0 Å². The lowest BCUT2D eigenvalue weighted by atomic mass is 9.98. The van der Waals surface area contributed by atoms with Crippen LogP contribution in [-0.2, 0) is 6.54 Å². The molecule has 1 N–H and O–H groups in total. The van der Waals surface area contributed by atoms with Crippen molar-refractivity contribution < 1.29 is 0 Å². The first-order chi connectivity index (χ1) is 10.4. The highest BCUT2D eigenvalue weighted by atomic mass is 15.2. The fraction of sp³-hybridized carbons (Fsp3) is 0.500. The minimum atomic E-state index is 0.657. The normalized spacial score (nSPS) is 26.1. The topological polar surface area (TPSA) is 28.2 Å². The molecule has 2 atom stereocenters. The summed E-state index contributed by atoms with van der Waals surface area (Å²) < 4.78 is 0. The molecule has 2 aliphatic heterocycles. The van der Waals surface area contributed by atoms with Gasteiger partial charge >= 0.3 is 0 Å². The molecular weight excluding hydrogens is 258 g/mol. The number of nitrogens with one attached hydrogen (secondary N) is 1. The van der Waals surface area contributed by atoms with Crippen molar-refractivity contribution in [1.82, 2.24) is 15.2 Å². The Morgan fingerprint density at radius 1 is 1.10 bits per heavy atom. The summed E-state index contributed by atoms with van der Waals surface area (Å²) in [5.74, 6) is 0. The molecule has 21 heavy (non-hydrogen) atoms. The largest absolute Gasteiger partial charge is 0.308 e. The second-order valence-corrected chi connectivity index (χ2v) is 6.37. The van der Waals surface area contributed by atoms with Crippen LogP contribution in [0.25, 0.3) is 10.9 Å². The Hall–Kier alpha value is -1.45. The highest BCUT2D eigenvalue weighted by Crippen LogP contribution is 2.27. The minimum Gasteiger partial charge on any atom is -0.308 e. The fourth-order valence-corrected chi connectivity index (χ4v) is 4.04. The molecule has 0 aliphatic carbocycles. The number of pyridine rings is 1. The van der Waals surface area contributed by atoms with Crippen LogP contribution in [-0.4, -0.2) is 35.1 Å². The van der Waals surface area contributed by atoms with Gasteiger partial charge in [0.1, 0.15) is 0 Å². The van der Waals surface area contributed by atoms with Crippen LogP contribution in [0.15, 0.2) is 36.5 Å². The first kappa shape index (κ1) is 13.2. The van der Waals surface area contributed by atoms with Gasteiger partial charge in [-0.3, -0.25) is 9.88 Å². The van der Waals surface area contributed by atoms with E-state index in [4.69, 9.17) is 0 Å². The van der Waals surface area contributed by atoms with Crippen molar-refractivity contribution >= 4 is 10.9 Å². The van der Waals surface area contributed by atoms with Crippen molar-refractivity contribution in [3.63, 3.8) is 0 Å². The van der Waals surface area contributed by atoms with Crippen LogP contribution >= 0.6 is 0 Å². The maximum absolute atomic E-state index is 4.56. The van der Waals surface area contributed by atoms with E-state index in [9.17, 15) is 0 Å². The van der Waals surface area contributed by atoms with Crippen molar-refractivity contribution in [3.05, 3.63) is 42.1 Å². The Kier molecular flexibility index (Phi) is 3.62. The number of fused-ring (bicyclic) bond motifs is 2. The van der Waals surface area contributed by atoms with Crippen LogP contribution in [0.4, 0.5) is 0 Å². The van der Waals surface area contributed by atoms with Crippen LogP contribution in [0.5, 0.6) is 0 Å². The van der Waals surface area contributed by atoms with E-state index < -0.39 is 0 Å². The monoisotopic (exact) mass is 281 g/mol. The average molecular weight is 281 g/mol. The number of para-hydroxylation sites is 1. The number of aromatic nitrogens is 1. The molecule has 1 aromatic carbocycles. The van der Waals surface area contributed by atoms with Crippen LogP contribution in [0.1, 0.15) is 31.2 Å². The van der Waals surface area contributed by atoms with E-state index >= 15 is 0 Å². The SMILES string of the molecule is c1cnc2c(CNC3CCN4CCCCC34)cccc2c1. The maximum Gasteiger partial charge on any atom is 0.0746 e. The summed E-state index contributed by atoms with van der Waals surface area (Å²) in [6.45, 7) is 3.51. The molecule has 3 heterocycles. The zero-order valence-electron chi connectivity index (χ0n) is 12.5. The molecule has 0 radical (unpaired) electrons. The van der Waals surface area contributed by atoms with Crippen molar-refractivity contribution in [2.75, 3.05) is 13.1 Å². The van der Waals surface area contributed by atoms with Crippen LogP contribution in [0, 0.1) is 0 Å². The predicted molar refractivity (Wildman–Crippen MR) is 86.2 cm³/mol. The van der Waals surface area contributed by atoms with Gasteiger partial charge in [-0.1, -0.05) is 30.7 Å². The molecule has 2 fully saturated rings. The van der Waals surface area contributed by atoms with Gasteiger partial charge in [-0.25, -0.2) is 0 Å². The number of rotatable bonds is 3. The Morgan fingerprint density at radius 2 is 2.05 bits per heavy atom. The zero-order valence-corrected chi connectivity index (χ0v) is 12.5. The van der Waals surface area contributed by atoms with Crippen LogP contribution < -0.4 is 5.32 Å². The average Bonchev–Trinajstić information content (AvgIpc) is 2.96. The Bertz CT molecular complexity index is 619. The van der Waals surface area contributed by atoms with Crippen molar-refractivity contribution in [2.45, 2.75) is 44.3 Å². The smallest absolute Gasteiger partial charge is 0.0746 e. The second-order valence-electron chi connectivity index (χ2n) is 6.37. The van der Waals surface area contributed by atoms with Crippen molar-refractivity contribution in [2.24, 2.45) is 0 Å². The molecule has 0 saturated carbocycles. The molecule has 2 aromatic rings. The standard InChI is InChI=1S/C18H23N3/c1-2-11-21-12-9-16(17(21)8-1)20-13-15-6-3-5-14-7-4-10-19-18(14)15/h3-7,10,16-17,20H,1-2,8-9,11-13H2. The lowest BCUT2D eigenvalue weighted by molar-refractivity contribution is 0.180. The van der Waals surface area contributed by atoms with Gasteiger partial charge in [0.2, 0.25) is 0 Å². The van der Waals surface area contributed by atoms with E-state index in [-0.39, 0.29) is 0 Å². The van der Waals surface area contributed by atoms with E-state index in [0.717, 1.165) is 18.1 Å². The molecule has 0 amide bonds. The third kappa shape index (κ3) is 2.56. The van der Waals surface area contributed by atoms with Crippen LogP contribution in [0.3, 0.4) is 0 Å². The van der Waals surface area contributed by atoms with E-state index in [0.29, 0.717) is 6.04 Å². The van der Waals surface area contributed by atoms with E-state index in [1.54, 1.807) is 0 Å². The van der Waals surface area contributed by atoms with Gasteiger partial charge in [0.25, 0.3) is 0 Å². The fourth-order valence-electron chi connectivity index (χ4n) is 4.04. The number of hydrogen-bond acceptors (Lipinski definition) is 3. The Balaban J connectivity index is 1.49. The lowest BCUT2D eigenvalue weighted by Crippen LogP contribution is -2.44. The molecular formula is C18H23N3. The number of piperidine rings is 1. The van der Waals surface area contributed by atoms with E-state index in [1.165, 1.54) is 49.7 Å². The molecule has 2 aliphatic rings. The predicted octanol–water partition coefficient (Wildman–Crippen LogP) is 2.95. The van der Waals surface area contributed by atoms with Gasteiger partial charge in [0, 0.05) is 36.8 Å². The number of nitrogens with zero attached hydrogens (tertiary/aromatic N) is 2. The summed E-state index contributed by atoms with van der Waals surface area (Å²) in [6.07, 6.45) is 7.34. The highest BCUT2D eigenvalue weighted by Gasteiger charge is 2.34. The molecule has 2 saturated heterocycles. The molecule has 110 valence electrons. The summed E-state index contributed by atoms with van der Waals surface area (Å²) in [5, 5.41) is 5.05. The molecule has 2 unspecified atom stereocenters. The van der Waals surface area contributed by atoms with Gasteiger partial charge in [-0.05, 0) is 37.4 Å². The van der Waals surface area contributed by atoms with Gasteiger partial charge < -0.3 is 5.32 Å². The summed E-state index contributed by atoms with van der Waals surface area (Å²) >= 11 is 0. The quantitative estimate of drug-likeness (QED) is 0.937. The number of benzene rings is 1. The Morgan fingerprint density at radius 3 is 3.05 bits per heavy atom. The van der Waals surface area contributed by atoms with Crippen molar-refractivity contribution in [3.8, 4) is 0 Å². The second kappa shape index (κ2) is 5.74. The first-order valence-electron chi connectivity index (χ1n) is 8.22. The van der Waals surface area contributed by atoms with E-state index in [1.807, 2.05) is 12.3 Å². The molecule has 3 heteroatoms. The Labute approximate surface area is 126 Å². The molecule has 3 nitrogen and oxygen atoms in total. The summed E-state index contributed by atoms with van der Waals surface area (Å²) in [6, 6.07) is 12.1. The molecule has 0 bridgehead atoms. The lowest BCUT2D eigenvalue weighted by Gasteiger charge is -2.32.